The molecule has 19 heavy (non-hydrogen) atoms. The van der Waals surface area contributed by atoms with Crippen molar-refractivity contribution in [2.75, 3.05) is 13.7 Å². The minimum absolute atomic E-state index is 0.192. The second-order valence-electron chi connectivity index (χ2n) is 5.21. The number of pyridine rings is 1. The van der Waals surface area contributed by atoms with Crippen molar-refractivity contribution in [2.45, 2.75) is 37.1 Å². The fourth-order valence-electron chi connectivity index (χ4n) is 2.78. The van der Waals surface area contributed by atoms with Crippen molar-refractivity contribution < 1.29 is 14.6 Å². The summed E-state index contributed by atoms with van der Waals surface area (Å²) in [6.07, 6.45) is 2.31. The molecule has 104 valence electrons. The molecule has 2 aliphatic rings. The van der Waals surface area contributed by atoms with Gasteiger partial charge in [-0.25, -0.2) is 0 Å². The van der Waals surface area contributed by atoms with Gasteiger partial charge in [-0.1, -0.05) is 6.07 Å². The van der Waals surface area contributed by atoms with Crippen LogP contribution in [0.5, 0.6) is 0 Å². The van der Waals surface area contributed by atoms with Crippen molar-refractivity contribution >= 4 is 0 Å². The lowest BCUT2D eigenvalue weighted by Gasteiger charge is -2.41. The molecule has 0 aromatic carbocycles. The normalized spacial score (nSPS) is 37.8. The molecular formula is C13H19N3O3. The van der Waals surface area contributed by atoms with E-state index in [0.29, 0.717) is 13.2 Å². The van der Waals surface area contributed by atoms with Crippen LogP contribution in [0.2, 0.25) is 0 Å². The van der Waals surface area contributed by atoms with E-state index in [4.69, 9.17) is 15.2 Å². The number of nitrogens with zero attached hydrogens (tertiary/aromatic N) is 2. The zero-order chi connectivity index (χ0) is 13.4. The molecule has 0 amide bonds. The highest BCUT2D eigenvalue weighted by Gasteiger charge is 2.50. The van der Waals surface area contributed by atoms with Gasteiger partial charge in [0.2, 0.25) is 0 Å². The number of ether oxygens (including phenoxy) is 2. The summed E-state index contributed by atoms with van der Waals surface area (Å²) < 4.78 is 11.3. The fraction of sp³-hybridized carbons (Fsp3) is 0.615. The summed E-state index contributed by atoms with van der Waals surface area (Å²) in [6, 6.07) is 3.23. The maximum atomic E-state index is 10.3. The van der Waals surface area contributed by atoms with Gasteiger partial charge in [0.1, 0.15) is 6.10 Å². The molecular weight excluding hydrogens is 246 g/mol. The average Bonchev–Trinajstić information content (AvgIpc) is 2.84. The SMILES string of the molecule is CN(Cc1cccnc1)C1C2OCC(O2)C(N)C1O. The Kier molecular flexibility index (Phi) is 3.51. The van der Waals surface area contributed by atoms with E-state index >= 15 is 0 Å². The van der Waals surface area contributed by atoms with E-state index in [1.807, 2.05) is 30.3 Å². The van der Waals surface area contributed by atoms with Crippen molar-refractivity contribution in [3.05, 3.63) is 30.1 Å². The van der Waals surface area contributed by atoms with Crippen LogP contribution in [0.3, 0.4) is 0 Å². The van der Waals surface area contributed by atoms with Crippen LogP contribution < -0.4 is 5.73 Å². The highest BCUT2D eigenvalue weighted by atomic mass is 16.7. The maximum absolute atomic E-state index is 10.3. The molecule has 5 atom stereocenters. The number of hydrogen-bond acceptors (Lipinski definition) is 6. The Bertz CT molecular complexity index is 430. The lowest BCUT2D eigenvalue weighted by Crippen LogP contribution is -2.62. The third-order valence-corrected chi connectivity index (χ3v) is 3.85. The molecule has 0 aliphatic carbocycles. The van der Waals surface area contributed by atoms with Crippen molar-refractivity contribution in [3.8, 4) is 0 Å². The molecule has 6 heteroatoms. The van der Waals surface area contributed by atoms with E-state index in [9.17, 15) is 5.11 Å². The highest BCUT2D eigenvalue weighted by Crippen LogP contribution is 2.30. The van der Waals surface area contributed by atoms with Crippen molar-refractivity contribution in [1.82, 2.24) is 9.88 Å². The lowest BCUT2D eigenvalue weighted by molar-refractivity contribution is -0.175. The third kappa shape index (κ3) is 2.37. The van der Waals surface area contributed by atoms with Gasteiger partial charge >= 0.3 is 0 Å². The molecule has 6 nitrogen and oxygen atoms in total. The molecule has 2 aliphatic heterocycles. The third-order valence-electron chi connectivity index (χ3n) is 3.85. The summed E-state index contributed by atoms with van der Waals surface area (Å²) in [6.45, 7) is 1.12. The van der Waals surface area contributed by atoms with Gasteiger partial charge in [0, 0.05) is 18.9 Å². The van der Waals surface area contributed by atoms with E-state index in [2.05, 4.69) is 4.98 Å². The molecule has 2 saturated heterocycles. The smallest absolute Gasteiger partial charge is 0.176 e. The van der Waals surface area contributed by atoms with Gasteiger partial charge in [0.25, 0.3) is 0 Å². The zero-order valence-electron chi connectivity index (χ0n) is 10.8. The second kappa shape index (κ2) is 5.15. The molecule has 5 unspecified atom stereocenters. The Balaban J connectivity index is 1.73. The number of nitrogens with two attached hydrogens (primary N) is 1. The van der Waals surface area contributed by atoms with Crippen LogP contribution in [-0.4, -0.2) is 59.2 Å². The van der Waals surface area contributed by atoms with Gasteiger partial charge in [-0.05, 0) is 18.7 Å². The molecule has 3 heterocycles. The number of rotatable bonds is 3. The standard InChI is InChI=1S/C13H19N3O3/c1-16(6-8-3-2-4-15-5-8)11-12(17)10(14)9-7-18-13(11)19-9/h2-5,9-13,17H,6-7,14H2,1H3. The van der Waals surface area contributed by atoms with Crippen LogP contribution in [0.15, 0.2) is 24.5 Å². The zero-order valence-corrected chi connectivity index (χ0v) is 10.8. The van der Waals surface area contributed by atoms with E-state index in [1.165, 1.54) is 0 Å². The second-order valence-corrected chi connectivity index (χ2v) is 5.21. The van der Waals surface area contributed by atoms with Gasteiger partial charge in [0.05, 0.1) is 24.8 Å². The Morgan fingerprint density at radius 1 is 1.58 bits per heavy atom. The summed E-state index contributed by atoms with van der Waals surface area (Å²) in [5, 5.41) is 10.3. The van der Waals surface area contributed by atoms with Gasteiger partial charge in [0.15, 0.2) is 6.29 Å². The largest absolute Gasteiger partial charge is 0.390 e. The van der Waals surface area contributed by atoms with E-state index in [-0.39, 0.29) is 12.1 Å². The van der Waals surface area contributed by atoms with Crippen LogP contribution >= 0.6 is 0 Å². The number of aliphatic hydroxyl groups excluding tert-OH is 1. The first-order chi connectivity index (χ1) is 9.16. The highest BCUT2D eigenvalue weighted by molar-refractivity contribution is 5.09. The van der Waals surface area contributed by atoms with Crippen LogP contribution in [0, 0.1) is 0 Å². The Morgan fingerprint density at radius 3 is 3.16 bits per heavy atom. The molecule has 1 aromatic rings. The molecule has 0 spiro atoms. The molecule has 3 rings (SSSR count). The van der Waals surface area contributed by atoms with Gasteiger partial charge in [-0.15, -0.1) is 0 Å². The lowest BCUT2D eigenvalue weighted by atomic mass is 9.96. The van der Waals surface area contributed by atoms with Crippen molar-refractivity contribution in [3.63, 3.8) is 0 Å². The first-order valence-electron chi connectivity index (χ1n) is 6.46. The number of aromatic nitrogens is 1. The Hall–Kier alpha value is -1.05. The number of fused-ring (bicyclic) bond motifs is 2. The van der Waals surface area contributed by atoms with Crippen LogP contribution in [0.4, 0.5) is 0 Å². The van der Waals surface area contributed by atoms with E-state index < -0.39 is 18.4 Å². The van der Waals surface area contributed by atoms with Crippen LogP contribution in [0.25, 0.3) is 0 Å². The van der Waals surface area contributed by atoms with Crippen LogP contribution in [0.1, 0.15) is 5.56 Å². The molecule has 2 bridgehead atoms. The number of hydrogen-bond donors (Lipinski definition) is 2. The predicted octanol–water partition coefficient (Wildman–Crippen LogP) is -0.675. The monoisotopic (exact) mass is 265 g/mol. The van der Waals surface area contributed by atoms with Gasteiger partial charge in [-0.3, -0.25) is 9.88 Å². The maximum Gasteiger partial charge on any atom is 0.176 e. The first-order valence-corrected chi connectivity index (χ1v) is 6.46. The van der Waals surface area contributed by atoms with Gasteiger partial charge < -0.3 is 20.3 Å². The molecule has 0 saturated carbocycles. The van der Waals surface area contributed by atoms with E-state index in [1.54, 1.807) is 6.20 Å². The summed E-state index contributed by atoms with van der Waals surface area (Å²) in [7, 11) is 1.93. The number of aliphatic hydroxyl groups is 1. The quantitative estimate of drug-likeness (QED) is 0.754. The number of likely N-dealkylation sites (N-methyl/N-ethyl adjacent to an activating group) is 1. The molecule has 0 radical (unpaired) electrons. The molecule has 3 N–H and O–H groups in total. The van der Waals surface area contributed by atoms with Crippen molar-refractivity contribution in [1.29, 1.82) is 0 Å². The fourth-order valence-corrected chi connectivity index (χ4v) is 2.78. The molecule has 1 aromatic heterocycles. The Morgan fingerprint density at radius 2 is 2.42 bits per heavy atom. The van der Waals surface area contributed by atoms with Gasteiger partial charge in [-0.2, -0.15) is 0 Å². The Labute approximate surface area is 112 Å². The summed E-state index contributed by atoms with van der Waals surface area (Å²) in [4.78, 5) is 6.10. The predicted molar refractivity (Wildman–Crippen MR) is 68.1 cm³/mol. The topological polar surface area (TPSA) is 80.8 Å². The van der Waals surface area contributed by atoms with Crippen LogP contribution in [-0.2, 0) is 16.0 Å². The summed E-state index contributed by atoms with van der Waals surface area (Å²) in [5.41, 5.74) is 7.06. The summed E-state index contributed by atoms with van der Waals surface area (Å²) in [5.74, 6) is 0. The minimum atomic E-state index is -0.645. The molecule has 2 fully saturated rings. The minimum Gasteiger partial charge on any atom is -0.390 e. The van der Waals surface area contributed by atoms with Crippen molar-refractivity contribution in [2.24, 2.45) is 5.73 Å². The summed E-state index contributed by atoms with van der Waals surface area (Å²) >= 11 is 0. The average molecular weight is 265 g/mol. The first kappa shape index (κ1) is 13.0. The van der Waals surface area contributed by atoms with E-state index in [0.717, 1.165) is 5.56 Å².